The molecule has 30 heavy (non-hydrogen) atoms. The average Bonchev–Trinajstić information content (AvgIpc) is 2.72. The first-order valence-electron chi connectivity index (χ1n) is 9.65. The number of carbonyl (C=O) groups excluding carboxylic acids is 1. The number of ether oxygens (including phenoxy) is 1. The molecule has 0 aliphatic heterocycles. The highest BCUT2D eigenvalue weighted by molar-refractivity contribution is 6.31. The Balaban J connectivity index is 1.69. The van der Waals surface area contributed by atoms with E-state index >= 15 is 0 Å². The van der Waals surface area contributed by atoms with Gasteiger partial charge in [-0.05, 0) is 47.4 Å². The summed E-state index contributed by atoms with van der Waals surface area (Å²) >= 11 is 6.24. The van der Waals surface area contributed by atoms with E-state index in [4.69, 9.17) is 22.1 Å². The van der Waals surface area contributed by atoms with Crippen LogP contribution in [0.1, 0.15) is 29.2 Å². The predicted molar refractivity (Wildman–Crippen MR) is 119 cm³/mol. The van der Waals surface area contributed by atoms with Gasteiger partial charge in [0.2, 0.25) is 0 Å². The van der Waals surface area contributed by atoms with Crippen molar-refractivity contribution in [3.05, 3.63) is 100 Å². The summed E-state index contributed by atoms with van der Waals surface area (Å²) < 4.78 is 5.25. The van der Waals surface area contributed by atoms with Crippen molar-refractivity contribution in [1.29, 1.82) is 0 Å². The molecule has 0 radical (unpaired) electrons. The summed E-state index contributed by atoms with van der Waals surface area (Å²) in [5, 5.41) is 14.2. The predicted octanol–water partition coefficient (Wildman–Crippen LogP) is 5.00. The molecule has 1 atom stereocenters. The fourth-order valence-corrected chi connectivity index (χ4v) is 3.49. The van der Waals surface area contributed by atoms with Crippen molar-refractivity contribution in [1.82, 2.24) is 0 Å². The van der Waals surface area contributed by atoms with Crippen LogP contribution in [0.15, 0.2) is 72.8 Å². The molecule has 3 rings (SSSR count). The van der Waals surface area contributed by atoms with E-state index in [0.29, 0.717) is 23.7 Å². The van der Waals surface area contributed by atoms with Gasteiger partial charge in [0.05, 0.1) is 5.60 Å². The minimum absolute atomic E-state index is 0.173. The number of nitrogens with one attached hydrogen (secondary N) is 1. The fourth-order valence-electron chi connectivity index (χ4n) is 3.23. The molecule has 0 unspecified atom stereocenters. The highest BCUT2D eigenvalue weighted by Crippen LogP contribution is 2.29. The number of halogens is 1. The van der Waals surface area contributed by atoms with Crippen molar-refractivity contribution < 1.29 is 14.6 Å². The smallest absolute Gasteiger partial charge is 0.411 e. The third kappa shape index (κ3) is 6.07. The van der Waals surface area contributed by atoms with E-state index in [1.54, 1.807) is 25.1 Å². The summed E-state index contributed by atoms with van der Waals surface area (Å²) in [6, 6.07) is 22.2. The summed E-state index contributed by atoms with van der Waals surface area (Å²) in [6.45, 7) is 2.32. The van der Waals surface area contributed by atoms with E-state index in [2.05, 4.69) is 5.32 Å². The van der Waals surface area contributed by atoms with E-state index in [1.165, 1.54) is 0 Å². The molecule has 0 heterocycles. The molecule has 6 heteroatoms. The Hall–Kier alpha value is -2.86. The molecule has 3 aromatic rings. The zero-order valence-electron chi connectivity index (χ0n) is 16.8. The Labute approximate surface area is 181 Å². The SMILES string of the molecule is C[C@](O)(Cc1cc(Cl)cc(NC(=O)OCc2ccccc2)c1)c1cccc(CN)c1. The first-order chi connectivity index (χ1) is 14.4. The molecule has 0 spiro atoms. The Bertz CT molecular complexity index is 1010. The summed E-state index contributed by atoms with van der Waals surface area (Å²) in [5.41, 5.74) is 8.48. The Morgan fingerprint density at radius 1 is 1.03 bits per heavy atom. The summed E-state index contributed by atoms with van der Waals surface area (Å²) in [6.07, 6.45) is -0.260. The number of rotatable bonds is 7. The second-order valence-electron chi connectivity index (χ2n) is 7.39. The Kier molecular flexibility index (Phi) is 7.11. The van der Waals surface area contributed by atoms with Gasteiger partial charge in [-0.3, -0.25) is 5.32 Å². The molecule has 3 aromatic carbocycles. The number of nitrogens with two attached hydrogens (primary N) is 1. The maximum atomic E-state index is 12.1. The highest BCUT2D eigenvalue weighted by Gasteiger charge is 2.24. The minimum Gasteiger partial charge on any atom is -0.444 e. The van der Waals surface area contributed by atoms with Gasteiger partial charge in [-0.25, -0.2) is 4.79 Å². The summed E-state index contributed by atoms with van der Waals surface area (Å²) in [5.74, 6) is 0. The molecule has 0 saturated heterocycles. The topological polar surface area (TPSA) is 84.6 Å². The van der Waals surface area contributed by atoms with Crippen LogP contribution < -0.4 is 11.1 Å². The maximum Gasteiger partial charge on any atom is 0.411 e. The molecule has 0 aliphatic carbocycles. The largest absolute Gasteiger partial charge is 0.444 e. The van der Waals surface area contributed by atoms with Gasteiger partial charge in [-0.2, -0.15) is 0 Å². The van der Waals surface area contributed by atoms with Crippen LogP contribution in [0.2, 0.25) is 5.02 Å². The van der Waals surface area contributed by atoms with Crippen molar-refractivity contribution >= 4 is 23.4 Å². The van der Waals surface area contributed by atoms with E-state index in [-0.39, 0.29) is 6.61 Å². The summed E-state index contributed by atoms with van der Waals surface area (Å²) in [7, 11) is 0. The molecule has 0 saturated carbocycles. The molecule has 0 aliphatic rings. The molecule has 156 valence electrons. The minimum atomic E-state index is -1.12. The number of anilines is 1. The van der Waals surface area contributed by atoms with Gasteiger partial charge < -0.3 is 15.6 Å². The Morgan fingerprint density at radius 2 is 1.77 bits per heavy atom. The molecule has 0 bridgehead atoms. The molecular formula is C24H25ClN2O3. The first kappa shape index (κ1) is 21.8. The van der Waals surface area contributed by atoms with Gasteiger partial charge >= 0.3 is 6.09 Å². The van der Waals surface area contributed by atoms with Crippen LogP contribution in [-0.2, 0) is 29.9 Å². The lowest BCUT2D eigenvalue weighted by molar-refractivity contribution is 0.0576. The zero-order valence-corrected chi connectivity index (χ0v) is 17.5. The molecule has 4 N–H and O–H groups in total. The van der Waals surface area contributed by atoms with Crippen LogP contribution in [0.4, 0.5) is 10.5 Å². The van der Waals surface area contributed by atoms with Crippen molar-refractivity contribution in [3.63, 3.8) is 0 Å². The van der Waals surface area contributed by atoms with E-state index in [0.717, 1.165) is 22.3 Å². The highest BCUT2D eigenvalue weighted by atomic mass is 35.5. The van der Waals surface area contributed by atoms with Crippen LogP contribution >= 0.6 is 11.6 Å². The normalized spacial score (nSPS) is 12.8. The van der Waals surface area contributed by atoms with E-state index in [9.17, 15) is 9.90 Å². The number of aliphatic hydroxyl groups is 1. The number of carbonyl (C=O) groups is 1. The van der Waals surface area contributed by atoms with Gasteiger partial charge in [0.25, 0.3) is 0 Å². The average molecular weight is 425 g/mol. The van der Waals surface area contributed by atoms with Gasteiger partial charge in [0.15, 0.2) is 0 Å². The number of hydrogen-bond donors (Lipinski definition) is 3. The molecule has 0 aromatic heterocycles. The lowest BCUT2D eigenvalue weighted by Crippen LogP contribution is -2.24. The van der Waals surface area contributed by atoms with Crippen molar-refractivity contribution in [3.8, 4) is 0 Å². The standard InChI is InChI=1S/C24H25ClN2O3/c1-24(29,20-9-5-8-18(10-20)15-26)14-19-11-21(25)13-22(12-19)27-23(28)30-16-17-6-3-2-4-7-17/h2-13,29H,14-16,26H2,1H3,(H,27,28)/t24-/m0/s1. The number of hydrogen-bond acceptors (Lipinski definition) is 4. The quantitative estimate of drug-likeness (QED) is 0.498. The number of amides is 1. The maximum absolute atomic E-state index is 12.1. The molecular weight excluding hydrogens is 400 g/mol. The van der Waals surface area contributed by atoms with Crippen molar-refractivity contribution in [2.24, 2.45) is 5.73 Å². The Morgan fingerprint density at radius 3 is 2.50 bits per heavy atom. The van der Waals surface area contributed by atoms with Crippen LogP contribution in [0, 0.1) is 0 Å². The van der Waals surface area contributed by atoms with Crippen LogP contribution in [0.25, 0.3) is 0 Å². The van der Waals surface area contributed by atoms with E-state index in [1.807, 2.05) is 54.6 Å². The monoisotopic (exact) mass is 424 g/mol. The van der Waals surface area contributed by atoms with Gasteiger partial charge in [0, 0.05) is 23.7 Å². The van der Waals surface area contributed by atoms with Gasteiger partial charge in [-0.1, -0.05) is 66.2 Å². The van der Waals surface area contributed by atoms with Crippen LogP contribution in [-0.4, -0.2) is 11.2 Å². The third-order valence-corrected chi connectivity index (χ3v) is 4.97. The molecule has 5 nitrogen and oxygen atoms in total. The van der Waals surface area contributed by atoms with Gasteiger partial charge in [-0.15, -0.1) is 0 Å². The first-order valence-corrected chi connectivity index (χ1v) is 10.0. The van der Waals surface area contributed by atoms with Crippen LogP contribution in [0.3, 0.4) is 0 Å². The molecule has 1 amide bonds. The second-order valence-corrected chi connectivity index (χ2v) is 7.83. The summed E-state index contributed by atoms with van der Waals surface area (Å²) in [4.78, 5) is 12.1. The molecule has 0 fully saturated rings. The van der Waals surface area contributed by atoms with Crippen molar-refractivity contribution in [2.75, 3.05) is 5.32 Å². The third-order valence-electron chi connectivity index (χ3n) is 4.75. The van der Waals surface area contributed by atoms with Crippen molar-refractivity contribution in [2.45, 2.75) is 32.1 Å². The fraction of sp³-hybridized carbons (Fsp3) is 0.208. The van der Waals surface area contributed by atoms with E-state index < -0.39 is 11.7 Å². The lowest BCUT2D eigenvalue weighted by Gasteiger charge is -2.25. The lowest BCUT2D eigenvalue weighted by atomic mass is 9.88. The van der Waals surface area contributed by atoms with Crippen LogP contribution in [0.5, 0.6) is 0 Å². The number of benzene rings is 3. The van der Waals surface area contributed by atoms with Gasteiger partial charge in [0.1, 0.15) is 6.61 Å². The second kappa shape index (κ2) is 9.76. The zero-order chi connectivity index (χ0) is 21.6.